The summed E-state index contributed by atoms with van der Waals surface area (Å²) in [6, 6.07) is 58.7. The van der Waals surface area contributed by atoms with Crippen molar-refractivity contribution in [3.05, 3.63) is 204 Å². The Hall–Kier alpha value is -8.90. The Bertz CT molecular complexity index is 3660. The minimum absolute atomic E-state index is 0.281. The van der Waals surface area contributed by atoms with E-state index in [0.717, 1.165) is 108 Å². The van der Waals surface area contributed by atoms with Gasteiger partial charge in [0.15, 0.2) is 0 Å². The lowest BCUT2D eigenvalue weighted by Gasteiger charge is -2.20. The summed E-state index contributed by atoms with van der Waals surface area (Å²) in [5.74, 6) is 5.19. The van der Waals surface area contributed by atoms with Crippen LogP contribution in [0.25, 0.3) is 22.3 Å². The normalized spacial score (nSPS) is 14.3. The van der Waals surface area contributed by atoms with E-state index in [1.54, 1.807) is 24.3 Å². The van der Waals surface area contributed by atoms with Crippen molar-refractivity contribution in [2.45, 2.75) is 322 Å². The van der Waals surface area contributed by atoms with E-state index in [1.165, 1.54) is 218 Å². The van der Waals surface area contributed by atoms with Crippen LogP contribution in [0.1, 0.15) is 328 Å². The fourth-order valence-electron chi connectivity index (χ4n) is 15.7. The van der Waals surface area contributed by atoms with Crippen molar-refractivity contribution in [3.8, 4) is 79.7 Å². The molecule has 0 radical (unpaired) electrons. The third kappa shape index (κ3) is 34.3. The molecule has 0 spiro atoms. The van der Waals surface area contributed by atoms with Crippen LogP contribution < -0.4 is 47.4 Å². The maximum Gasteiger partial charge on any atom is 0.347 e. The number of benzene rings is 8. The zero-order valence-electron chi connectivity index (χ0n) is 70.7. The highest BCUT2D eigenvalue weighted by molar-refractivity contribution is 5.95. The second kappa shape index (κ2) is 54.2. The molecule has 0 bridgehead atoms. The number of carbonyl (C=O) groups is 2. The molecule has 626 valence electrons. The van der Waals surface area contributed by atoms with Crippen LogP contribution >= 0.6 is 0 Å². The number of unbranched alkanes of at least 4 members (excludes halogenated alkanes) is 19. The summed E-state index contributed by atoms with van der Waals surface area (Å²) in [5.41, 5.74) is 6.73. The van der Waals surface area contributed by atoms with Gasteiger partial charge in [-0.2, -0.15) is 0 Å². The number of esters is 2. The number of rotatable bonds is 47. The summed E-state index contributed by atoms with van der Waals surface area (Å²) < 4.78 is 63.2. The molecule has 8 aromatic carbocycles. The molecule has 0 aliphatic heterocycles. The molecule has 116 heavy (non-hydrogen) atoms. The number of hydrogen-bond acceptors (Lipinski definition) is 12. The topological polar surface area (TPSA) is 126 Å². The maximum absolute atomic E-state index is 14.2. The van der Waals surface area contributed by atoms with Gasteiger partial charge in [-0.1, -0.05) is 292 Å². The molecule has 12 nitrogen and oxygen atoms in total. The zero-order chi connectivity index (χ0) is 80.3. The molecule has 0 amide bonds. The molecule has 2 saturated carbocycles. The molecule has 0 atom stereocenters. The summed E-state index contributed by atoms with van der Waals surface area (Å²) in [6.07, 6.45) is 54.7. The fraction of sp³-hybridized carbons (Fsp3) is 0.519. The van der Waals surface area contributed by atoms with Gasteiger partial charge in [-0.3, -0.25) is 0 Å². The van der Waals surface area contributed by atoms with Crippen LogP contribution in [0, 0.1) is 0 Å². The van der Waals surface area contributed by atoms with Crippen LogP contribution in [-0.4, -0.2) is 50.6 Å². The van der Waals surface area contributed by atoms with Crippen LogP contribution in [-0.2, 0) is 13.2 Å². The molecule has 0 heterocycles. The third-order valence-corrected chi connectivity index (χ3v) is 22.8. The van der Waals surface area contributed by atoms with Gasteiger partial charge in [0.2, 0.25) is 0 Å². The lowest BCUT2D eigenvalue weighted by atomic mass is 9.99. The SMILES string of the molecule is CCCCCCCCCCCCOc1ccc(C(=O)Oc2ccc(-c3ccc(OCc4ccc(OC5CCCCCCCCCCC5)cc4)cc3)cc2)c(OCCCCOc2cc(OCCCCCCCCCCCC)ccc2C(=O)Oc2ccc(-c3ccc(OCc4ccc(OC5CCCCCCCCCCC5)cc4)cc3)cc2)c1. The van der Waals surface area contributed by atoms with Gasteiger partial charge in [0.25, 0.3) is 0 Å². The Balaban J connectivity index is 0.715. The summed E-state index contributed by atoms with van der Waals surface area (Å²) in [5, 5.41) is 0. The highest BCUT2D eigenvalue weighted by Gasteiger charge is 2.21. The van der Waals surface area contributed by atoms with Gasteiger partial charge in [-0.05, 0) is 207 Å². The van der Waals surface area contributed by atoms with Crippen molar-refractivity contribution in [3.63, 3.8) is 0 Å². The molecule has 2 aliphatic carbocycles. The average Bonchev–Trinajstić information content (AvgIpc) is 0.833. The molecule has 12 heteroatoms. The van der Waals surface area contributed by atoms with Crippen LogP contribution in [0.4, 0.5) is 0 Å². The first-order chi connectivity index (χ1) is 57.3. The molecule has 0 saturated heterocycles. The molecule has 10 rings (SSSR count). The van der Waals surface area contributed by atoms with E-state index in [4.69, 9.17) is 47.4 Å². The molecule has 2 aliphatic rings. The summed E-state index contributed by atoms with van der Waals surface area (Å²) in [4.78, 5) is 28.4. The quantitative estimate of drug-likeness (QED) is 0.0205. The van der Waals surface area contributed by atoms with E-state index in [0.29, 0.717) is 84.9 Å². The number of hydrogen-bond donors (Lipinski definition) is 0. The van der Waals surface area contributed by atoms with Crippen molar-refractivity contribution >= 4 is 11.9 Å². The maximum atomic E-state index is 14.2. The Morgan fingerprint density at radius 2 is 0.500 bits per heavy atom. The van der Waals surface area contributed by atoms with Gasteiger partial charge < -0.3 is 47.4 Å². The molecule has 0 aromatic heterocycles. The van der Waals surface area contributed by atoms with E-state index in [2.05, 4.69) is 62.4 Å². The lowest BCUT2D eigenvalue weighted by Crippen LogP contribution is -2.16. The van der Waals surface area contributed by atoms with Gasteiger partial charge in [0, 0.05) is 12.1 Å². The Kier molecular flexibility index (Phi) is 41.8. The second-order valence-electron chi connectivity index (χ2n) is 32.5. The highest BCUT2D eigenvalue weighted by atomic mass is 16.5. The first kappa shape index (κ1) is 89.4. The van der Waals surface area contributed by atoms with Crippen molar-refractivity contribution in [2.24, 2.45) is 0 Å². The molecule has 2 fully saturated rings. The summed E-state index contributed by atoms with van der Waals surface area (Å²) >= 11 is 0. The predicted octanol–water partition coefficient (Wildman–Crippen LogP) is 29.6. The van der Waals surface area contributed by atoms with Gasteiger partial charge in [0.1, 0.15) is 81.8 Å². The van der Waals surface area contributed by atoms with E-state index in [1.807, 2.05) is 109 Å². The number of carbonyl (C=O) groups excluding carboxylic acids is 2. The van der Waals surface area contributed by atoms with E-state index < -0.39 is 11.9 Å². The first-order valence-electron chi connectivity index (χ1n) is 45.7. The van der Waals surface area contributed by atoms with Crippen LogP contribution in [0.5, 0.6) is 57.5 Å². The molecule has 8 aromatic rings. The van der Waals surface area contributed by atoms with Crippen LogP contribution in [0.15, 0.2) is 182 Å². The second-order valence-corrected chi connectivity index (χ2v) is 32.5. The van der Waals surface area contributed by atoms with Crippen molar-refractivity contribution < 1.29 is 57.0 Å². The molecular weight excluding hydrogens is 1440 g/mol. The minimum Gasteiger partial charge on any atom is -0.493 e. The van der Waals surface area contributed by atoms with Gasteiger partial charge in [-0.15, -0.1) is 0 Å². The average molecular weight is 1580 g/mol. The van der Waals surface area contributed by atoms with Crippen molar-refractivity contribution in [1.29, 1.82) is 0 Å². The van der Waals surface area contributed by atoms with Crippen LogP contribution in [0.3, 0.4) is 0 Å². The van der Waals surface area contributed by atoms with Crippen LogP contribution in [0.2, 0.25) is 0 Å². The molecule has 0 N–H and O–H groups in total. The largest absolute Gasteiger partial charge is 0.493 e. The Morgan fingerprint density at radius 1 is 0.250 bits per heavy atom. The summed E-state index contributed by atoms with van der Waals surface area (Å²) in [6.45, 7) is 7.13. The van der Waals surface area contributed by atoms with Gasteiger partial charge in [0.05, 0.1) is 38.6 Å². The standard InChI is InChI=1S/C104H138O12/c1-3-5-7-9-11-13-21-27-33-39-75-107-97-71-73-99(103(105)115-95-67-55-87(56-68-95)85-51-63-89(64-52-85)111-81-83-47-59-93(60-48-83)113-91-43-35-29-23-17-15-18-24-30-36-44-91)101(79-97)109-77-41-42-78-110-102-80-98(108-76-40-34-28-22-14-12-10-8-6-4-2)72-74-100(102)104(106)116-96-69-57-88(58-70-96)86-53-65-90(66-54-86)112-82-84-49-61-94(62-50-84)114-92-45-37-31-25-19-16-20-26-32-38-46-92/h47-74,79-80,91-92H,3-46,75-78,81-82H2,1-2H3. The Morgan fingerprint density at radius 3 is 0.810 bits per heavy atom. The van der Waals surface area contributed by atoms with Gasteiger partial charge in [-0.25, -0.2) is 9.59 Å². The van der Waals surface area contributed by atoms with Crippen molar-refractivity contribution in [2.75, 3.05) is 26.4 Å². The lowest BCUT2D eigenvalue weighted by molar-refractivity contribution is 0.0719. The third-order valence-electron chi connectivity index (χ3n) is 22.8. The smallest absolute Gasteiger partial charge is 0.347 e. The molecular formula is C104H138O12. The summed E-state index contributed by atoms with van der Waals surface area (Å²) in [7, 11) is 0. The zero-order valence-corrected chi connectivity index (χ0v) is 70.7. The monoisotopic (exact) mass is 1580 g/mol. The van der Waals surface area contributed by atoms with Crippen molar-refractivity contribution in [1.82, 2.24) is 0 Å². The molecule has 0 unspecified atom stereocenters. The predicted molar refractivity (Wildman–Crippen MR) is 473 cm³/mol. The Labute approximate surface area is 697 Å². The number of ether oxygens (including phenoxy) is 10. The first-order valence-corrected chi connectivity index (χ1v) is 45.7. The van der Waals surface area contributed by atoms with E-state index in [-0.39, 0.29) is 25.4 Å². The highest BCUT2D eigenvalue weighted by Crippen LogP contribution is 2.34. The van der Waals surface area contributed by atoms with E-state index >= 15 is 0 Å². The fourth-order valence-corrected chi connectivity index (χ4v) is 15.7. The van der Waals surface area contributed by atoms with Gasteiger partial charge >= 0.3 is 11.9 Å². The van der Waals surface area contributed by atoms with E-state index in [9.17, 15) is 9.59 Å². The minimum atomic E-state index is -0.538.